The lowest BCUT2D eigenvalue weighted by atomic mass is 10.1. The lowest BCUT2D eigenvalue weighted by Crippen LogP contribution is -2.43. The van der Waals surface area contributed by atoms with Gasteiger partial charge in [0, 0.05) is 26.1 Å². The molecule has 0 bridgehead atoms. The van der Waals surface area contributed by atoms with E-state index < -0.39 is 18.2 Å². The zero-order valence-electron chi connectivity index (χ0n) is 18.0. The van der Waals surface area contributed by atoms with Gasteiger partial charge < -0.3 is 18.9 Å². The van der Waals surface area contributed by atoms with Crippen molar-refractivity contribution in [2.24, 2.45) is 0 Å². The van der Waals surface area contributed by atoms with Crippen LogP contribution in [0.3, 0.4) is 0 Å². The van der Waals surface area contributed by atoms with Crippen molar-refractivity contribution in [1.29, 1.82) is 0 Å². The first-order chi connectivity index (χ1) is 13.0. The smallest absolute Gasteiger partial charge is 0.339 e. The van der Waals surface area contributed by atoms with Gasteiger partial charge in [-0.25, -0.2) is 4.79 Å². The van der Waals surface area contributed by atoms with E-state index in [9.17, 15) is 9.59 Å². The van der Waals surface area contributed by atoms with Gasteiger partial charge in [0.25, 0.3) is 0 Å². The van der Waals surface area contributed by atoms with Crippen LogP contribution in [0.25, 0.3) is 0 Å². The molecule has 27 heavy (non-hydrogen) atoms. The van der Waals surface area contributed by atoms with Gasteiger partial charge in [-0.2, -0.15) is 0 Å². The Labute approximate surface area is 165 Å². The van der Waals surface area contributed by atoms with Gasteiger partial charge in [-0.15, -0.1) is 0 Å². The van der Waals surface area contributed by atoms with Crippen molar-refractivity contribution in [1.82, 2.24) is 0 Å². The van der Waals surface area contributed by atoms with Gasteiger partial charge in [0.1, 0.15) is 6.10 Å². The van der Waals surface area contributed by atoms with E-state index in [1.165, 1.54) is 0 Å². The van der Waals surface area contributed by atoms with Gasteiger partial charge in [0.05, 0.1) is 12.7 Å². The lowest BCUT2D eigenvalue weighted by molar-refractivity contribution is -0.177. The number of carbonyl (C=O) groups is 2. The maximum absolute atomic E-state index is 12.6. The molecule has 0 heterocycles. The number of carbonyl (C=O) groups excluding carboxylic acids is 2. The zero-order chi connectivity index (χ0) is 20.5. The Kier molecular flexibility index (Phi) is 16.3. The molecular formula is C21H40O6. The molecule has 0 saturated heterocycles. The van der Waals surface area contributed by atoms with Crippen molar-refractivity contribution < 1.29 is 28.5 Å². The van der Waals surface area contributed by atoms with Gasteiger partial charge in [-0.05, 0) is 26.2 Å². The Morgan fingerprint density at radius 2 is 1.37 bits per heavy atom. The zero-order valence-corrected chi connectivity index (χ0v) is 18.0. The molecule has 0 N–H and O–H groups in total. The van der Waals surface area contributed by atoms with Crippen LogP contribution in [-0.4, -0.2) is 50.1 Å². The van der Waals surface area contributed by atoms with Crippen molar-refractivity contribution in [3.63, 3.8) is 0 Å². The summed E-state index contributed by atoms with van der Waals surface area (Å²) in [6.45, 7) is 11.3. The Bertz CT molecular complexity index is 385. The second-order valence-electron chi connectivity index (χ2n) is 6.82. The van der Waals surface area contributed by atoms with E-state index in [4.69, 9.17) is 18.9 Å². The van der Waals surface area contributed by atoms with Crippen LogP contribution in [0.5, 0.6) is 0 Å². The van der Waals surface area contributed by atoms with Gasteiger partial charge in [-0.3, -0.25) is 4.79 Å². The minimum absolute atomic E-state index is 0.146. The van der Waals surface area contributed by atoms with Crippen LogP contribution in [0.1, 0.15) is 86.0 Å². The van der Waals surface area contributed by atoms with Crippen molar-refractivity contribution >= 4 is 11.9 Å². The number of esters is 2. The highest BCUT2D eigenvalue weighted by molar-refractivity contribution is 5.76. The average Bonchev–Trinajstić information content (AvgIpc) is 2.65. The highest BCUT2D eigenvalue weighted by Crippen LogP contribution is 2.17. The molecule has 3 unspecified atom stereocenters. The second kappa shape index (κ2) is 17.0. The predicted octanol–water partition coefficient (Wildman–Crippen LogP) is 4.43. The fourth-order valence-electron chi connectivity index (χ4n) is 2.39. The van der Waals surface area contributed by atoms with Crippen LogP contribution in [0.2, 0.25) is 0 Å². The summed E-state index contributed by atoms with van der Waals surface area (Å²) in [5, 5.41) is 0. The first-order valence-corrected chi connectivity index (χ1v) is 10.6. The Balaban J connectivity index is 5.08. The number of hydrogen-bond acceptors (Lipinski definition) is 6. The van der Waals surface area contributed by atoms with Crippen molar-refractivity contribution in [3.8, 4) is 0 Å². The molecule has 0 aromatic heterocycles. The molecule has 0 aliphatic carbocycles. The summed E-state index contributed by atoms with van der Waals surface area (Å²) in [7, 11) is 0. The lowest BCUT2D eigenvalue weighted by Gasteiger charge is -2.28. The van der Waals surface area contributed by atoms with Crippen LogP contribution in [0.4, 0.5) is 0 Å². The van der Waals surface area contributed by atoms with Crippen LogP contribution < -0.4 is 0 Å². The molecule has 0 spiro atoms. The first kappa shape index (κ1) is 25.9. The van der Waals surface area contributed by atoms with Gasteiger partial charge in [0.15, 0.2) is 6.10 Å². The van der Waals surface area contributed by atoms with Gasteiger partial charge in [-0.1, -0.05) is 47.0 Å². The monoisotopic (exact) mass is 388 g/mol. The summed E-state index contributed by atoms with van der Waals surface area (Å²) in [6, 6.07) is 0. The third-order valence-electron chi connectivity index (χ3n) is 4.14. The van der Waals surface area contributed by atoms with Crippen molar-refractivity contribution in [3.05, 3.63) is 0 Å². The minimum atomic E-state index is -0.916. The second-order valence-corrected chi connectivity index (χ2v) is 6.82. The minimum Gasteiger partial charge on any atom is -0.464 e. The summed E-state index contributed by atoms with van der Waals surface area (Å²) in [5.41, 5.74) is 0. The quantitative estimate of drug-likeness (QED) is 0.271. The third kappa shape index (κ3) is 12.8. The number of hydrogen-bond donors (Lipinski definition) is 0. The van der Waals surface area contributed by atoms with Gasteiger partial charge in [0.2, 0.25) is 0 Å². The molecule has 0 saturated carbocycles. The van der Waals surface area contributed by atoms with Crippen LogP contribution in [0, 0.1) is 0 Å². The summed E-state index contributed by atoms with van der Waals surface area (Å²) in [5.74, 6) is -0.819. The average molecular weight is 389 g/mol. The molecule has 0 aliphatic rings. The molecule has 3 atom stereocenters. The molecule has 0 aromatic rings. The van der Waals surface area contributed by atoms with Crippen molar-refractivity contribution in [2.45, 2.75) is 104 Å². The summed E-state index contributed by atoms with van der Waals surface area (Å²) in [4.78, 5) is 24.5. The summed E-state index contributed by atoms with van der Waals surface area (Å²) in [6.07, 6.45) is 4.40. The number of ether oxygens (including phenoxy) is 4. The predicted molar refractivity (Wildman–Crippen MR) is 106 cm³/mol. The van der Waals surface area contributed by atoms with E-state index in [1.54, 1.807) is 6.92 Å². The van der Waals surface area contributed by atoms with E-state index >= 15 is 0 Å². The van der Waals surface area contributed by atoms with Crippen LogP contribution in [-0.2, 0) is 28.5 Å². The molecular weight excluding hydrogens is 348 g/mol. The fourth-order valence-corrected chi connectivity index (χ4v) is 2.39. The van der Waals surface area contributed by atoms with E-state index in [-0.39, 0.29) is 18.5 Å². The highest BCUT2D eigenvalue weighted by Gasteiger charge is 2.34. The Morgan fingerprint density at radius 1 is 0.815 bits per heavy atom. The molecule has 0 aliphatic heterocycles. The maximum Gasteiger partial charge on any atom is 0.339 e. The SMILES string of the molecule is CCCCOC(=O)C(OCCCC)C(CC(C)OCCCC)OC(=O)CC. The van der Waals surface area contributed by atoms with E-state index in [0.717, 1.165) is 38.5 Å². The summed E-state index contributed by atoms with van der Waals surface area (Å²) >= 11 is 0. The van der Waals surface area contributed by atoms with Gasteiger partial charge >= 0.3 is 11.9 Å². The molecule has 0 amide bonds. The normalized spacial score (nSPS) is 14.4. The molecule has 0 fully saturated rings. The molecule has 0 aromatic carbocycles. The molecule has 0 radical (unpaired) electrons. The molecule has 160 valence electrons. The van der Waals surface area contributed by atoms with Crippen LogP contribution >= 0.6 is 0 Å². The summed E-state index contributed by atoms with van der Waals surface area (Å²) < 4.78 is 22.5. The largest absolute Gasteiger partial charge is 0.464 e. The number of unbranched alkanes of at least 4 members (excludes halogenated alkanes) is 3. The Morgan fingerprint density at radius 3 is 1.93 bits per heavy atom. The fraction of sp³-hybridized carbons (Fsp3) is 0.905. The van der Waals surface area contributed by atoms with E-state index in [0.29, 0.717) is 26.2 Å². The Hall–Kier alpha value is -1.14. The molecule has 6 nitrogen and oxygen atoms in total. The standard InChI is InChI=1S/C21H40O6/c1-6-10-13-24-17(5)16-18(27-19(22)9-4)20(25-14-11-7-2)21(23)26-15-12-8-3/h17-18,20H,6-16H2,1-5H3. The van der Waals surface area contributed by atoms with Crippen LogP contribution in [0.15, 0.2) is 0 Å². The highest BCUT2D eigenvalue weighted by atomic mass is 16.6. The molecule has 0 rings (SSSR count). The first-order valence-electron chi connectivity index (χ1n) is 10.6. The third-order valence-corrected chi connectivity index (χ3v) is 4.14. The van der Waals surface area contributed by atoms with E-state index in [1.807, 2.05) is 13.8 Å². The topological polar surface area (TPSA) is 71.1 Å². The van der Waals surface area contributed by atoms with E-state index in [2.05, 4.69) is 13.8 Å². The molecule has 6 heteroatoms. The maximum atomic E-state index is 12.6. The number of rotatable bonds is 17. The van der Waals surface area contributed by atoms with Crippen molar-refractivity contribution in [2.75, 3.05) is 19.8 Å².